The maximum atomic E-state index is 10.1. The summed E-state index contributed by atoms with van der Waals surface area (Å²) in [6, 6.07) is 0. The molecule has 0 aliphatic carbocycles. The summed E-state index contributed by atoms with van der Waals surface area (Å²) < 4.78 is 0. The fourth-order valence-corrected chi connectivity index (χ4v) is 0.485. The zero-order valence-corrected chi connectivity index (χ0v) is 6.42. The molecule has 8 heavy (non-hydrogen) atoms. The van der Waals surface area contributed by atoms with Crippen molar-refractivity contribution in [3.63, 3.8) is 0 Å². The Labute approximate surface area is 49.1 Å². The molecule has 0 aromatic heterocycles. The van der Waals surface area contributed by atoms with Gasteiger partial charge in [-0.15, -0.1) is 0 Å². The van der Waals surface area contributed by atoms with Crippen LogP contribution in [0.3, 0.4) is 0 Å². The highest BCUT2D eigenvalue weighted by molar-refractivity contribution is 6.60. The minimum atomic E-state index is -1.57. The Balaban J connectivity index is 3.83. The summed E-state index contributed by atoms with van der Waals surface area (Å²) in [5.74, 6) is -0.968. The van der Waals surface area contributed by atoms with Crippen molar-refractivity contribution in [1.29, 1.82) is 0 Å². The van der Waals surface area contributed by atoms with E-state index < -0.39 is 17.4 Å². The van der Waals surface area contributed by atoms with Gasteiger partial charge >= 0.3 is 0 Å². The minimum Gasteiger partial charge on any atom is -0.376 e. The second kappa shape index (κ2) is 2.58. The van der Waals surface area contributed by atoms with E-state index in [1.165, 1.54) is 0 Å². The molecule has 0 aliphatic heterocycles. The summed E-state index contributed by atoms with van der Waals surface area (Å²) in [6.45, 7) is 0. The Morgan fingerprint density at radius 2 is 2.00 bits per heavy atom. The molecular weight excluding hydrogens is 126 g/mol. The van der Waals surface area contributed by atoms with Crippen molar-refractivity contribution in [2.24, 2.45) is 5.73 Å². The molecule has 4 nitrogen and oxygen atoms in total. The predicted octanol–water partition coefficient (Wildman–Crippen LogP) is -3.28. The van der Waals surface area contributed by atoms with E-state index in [0.717, 1.165) is 0 Å². The number of hydrogen-bond acceptors (Lipinski definition) is 3. The Morgan fingerprint density at radius 1 is 1.62 bits per heavy atom. The van der Waals surface area contributed by atoms with Crippen molar-refractivity contribution in [1.82, 2.24) is 0 Å². The molecule has 3 N–H and O–H groups in total. The molecular formula is C3H7NO3Si. The van der Waals surface area contributed by atoms with Crippen LogP contribution in [0.2, 0.25) is 0 Å². The van der Waals surface area contributed by atoms with E-state index in [1.807, 2.05) is 0 Å². The molecule has 0 fully saturated rings. The second-order valence-corrected chi connectivity index (χ2v) is 2.40. The molecule has 5 heteroatoms. The highest BCUT2D eigenvalue weighted by atomic mass is 28.1. The fourth-order valence-electron chi connectivity index (χ4n) is 0.200. The van der Waals surface area contributed by atoms with Gasteiger partial charge in [-0.3, -0.25) is 4.79 Å². The summed E-state index contributed by atoms with van der Waals surface area (Å²) in [7, 11) is 0.161. The van der Waals surface area contributed by atoms with Gasteiger partial charge in [0.05, 0.1) is 10.2 Å². The maximum Gasteiger partial charge on any atom is 0.253 e. The first-order valence-electron chi connectivity index (χ1n) is 2.03. The third-order valence-corrected chi connectivity index (χ3v) is 1.20. The molecule has 1 atom stereocenters. The number of aliphatic hydroxyl groups excluding tert-OH is 1. The van der Waals surface area contributed by atoms with E-state index in [4.69, 9.17) is 5.11 Å². The highest BCUT2D eigenvalue weighted by Crippen LogP contribution is 1.76. The summed E-state index contributed by atoms with van der Waals surface area (Å²) in [5, 5.41) is 7.93. The molecule has 46 valence electrons. The first-order chi connectivity index (χ1) is 3.55. The molecule has 0 saturated carbocycles. The SMILES string of the molecule is NC(=O)C(O)C(=O)[SiH3]. The molecule has 0 aliphatic rings. The molecule has 1 amide bonds. The number of carbonyl (C=O) groups excluding carboxylic acids is 2. The van der Waals surface area contributed by atoms with Gasteiger partial charge in [0.25, 0.3) is 5.91 Å². The van der Waals surface area contributed by atoms with Crippen LogP contribution in [0, 0.1) is 0 Å². The normalized spacial score (nSPS) is 13.1. The van der Waals surface area contributed by atoms with E-state index in [2.05, 4.69) is 5.73 Å². The number of rotatable bonds is 2. The lowest BCUT2D eigenvalue weighted by Crippen LogP contribution is -2.35. The molecule has 1 unspecified atom stereocenters. The van der Waals surface area contributed by atoms with Crippen LogP contribution in [-0.4, -0.2) is 32.8 Å². The van der Waals surface area contributed by atoms with Crippen molar-refractivity contribution in [2.75, 3.05) is 0 Å². The Bertz CT molecular complexity index is 110. The third kappa shape index (κ3) is 1.85. The van der Waals surface area contributed by atoms with E-state index in [0.29, 0.717) is 0 Å². The standard InChI is InChI=1S/C3H7NO3Si/c4-2(6)1(5)3(7)8/h1,5H,8H3,(H2,4,6). The van der Waals surface area contributed by atoms with Crippen LogP contribution in [-0.2, 0) is 9.59 Å². The van der Waals surface area contributed by atoms with Gasteiger partial charge in [0.2, 0.25) is 0 Å². The number of primary amides is 1. The second-order valence-electron chi connectivity index (χ2n) is 1.42. The molecule has 0 bridgehead atoms. The number of aliphatic hydroxyl groups is 1. The molecule has 0 spiro atoms. The van der Waals surface area contributed by atoms with Gasteiger partial charge in [-0.25, -0.2) is 0 Å². The van der Waals surface area contributed by atoms with Crippen LogP contribution in [0.4, 0.5) is 0 Å². The lowest BCUT2D eigenvalue weighted by Gasteiger charge is -1.97. The summed E-state index contributed by atoms with van der Waals surface area (Å²) in [5.41, 5.74) is 4.55. The Hall–Kier alpha value is -0.683. The molecule has 0 aromatic rings. The monoisotopic (exact) mass is 133 g/mol. The molecule has 0 radical (unpaired) electrons. The number of nitrogens with two attached hydrogens (primary N) is 1. The fraction of sp³-hybridized carbons (Fsp3) is 0.333. The Kier molecular flexibility index (Phi) is 2.36. The third-order valence-electron chi connectivity index (χ3n) is 0.655. The smallest absolute Gasteiger partial charge is 0.253 e. The molecule has 0 rings (SSSR count). The van der Waals surface area contributed by atoms with Gasteiger partial charge in [-0.2, -0.15) is 0 Å². The van der Waals surface area contributed by atoms with Crippen LogP contribution in [0.1, 0.15) is 0 Å². The zero-order chi connectivity index (χ0) is 6.73. The number of hydrogen-bond donors (Lipinski definition) is 2. The predicted molar refractivity (Wildman–Crippen MR) is 30.1 cm³/mol. The first kappa shape index (κ1) is 7.32. The van der Waals surface area contributed by atoms with Crippen molar-refractivity contribution < 1.29 is 14.7 Å². The summed E-state index contributed by atoms with van der Waals surface area (Å²) >= 11 is 0. The van der Waals surface area contributed by atoms with Gasteiger partial charge < -0.3 is 15.6 Å². The average Bonchev–Trinajstić information content (AvgIpc) is 1.64. The van der Waals surface area contributed by atoms with Crippen molar-refractivity contribution in [2.45, 2.75) is 6.10 Å². The number of carbonyl (C=O) groups is 2. The van der Waals surface area contributed by atoms with E-state index in [-0.39, 0.29) is 10.2 Å². The van der Waals surface area contributed by atoms with Crippen molar-refractivity contribution in [3.05, 3.63) is 0 Å². The quantitative estimate of drug-likeness (QED) is 0.306. The van der Waals surface area contributed by atoms with E-state index in [1.54, 1.807) is 0 Å². The first-order valence-corrected chi connectivity index (χ1v) is 3.03. The molecule has 0 saturated heterocycles. The van der Waals surface area contributed by atoms with Crippen LogP contribution in [0.15, 0.2) is 0 Å². The van der Waals surface area contributed by atoms with Crippen LogP contribution in [0.5, 0.6) is 0 Å². The van der Waals surface area contributed by atoms with Gasteiger partial charge in [-0.05, 0) is 0 Å². The maximum absolute atomic E-state index is 10.1. The number of amides is 1. The van der Waals surface area contributed by atoms with Gasteiger partial charge in [-0.1, -0.05) is 0 Å². The van der Waals surface area contributed by atoms with Crippen LogP contribution < -0.4 is 5.73 Å². The van der Waals surface area contributed by atoms with Crippen LogP contribution >= 0.6 is 0 Å². The summed E-state index contributed by atoms with van der Waals surface area (Å²) in [4.78, 5) is 20.0. The van der Waals surface area contributed by atoms with Crippen LogP contribution in [0.25, 0.3) is 0 Å². The highest BCUT2D eigenvalue weighted by Gasteiger charge is 2.14. The topological polar surface area (TPSA) is 80.4 Å². The van der Waals surface area contributed by atoms with Gasteiger partial charge in [0.15, 0.2) is 6.10 Å². The average molecular weight is 133 g/mol. The minimum absolute atomic E-state index is 0.161. The van der Waals surface area contributed by atoms with Gasteiger partial charge in [0.1, 0.15) is 5.41 Å². The van der Waals surface area contributed by atoms with Gasteiger partial charge in [0, 0.05) is 0 Å². The molecule has 0 heterocycles. The largest absolute Gasteiger partial charge is 0.376 e. The Morgan fingerprint density at radius 3 is 2.00 bits per heavy atom. The van der Waals surface area contributed by atoms with Crippen molar-refractivity contribution >= 4 is 21.6 Å². The van der Waals surface area contributed by atoms with E-state index in [9.17, 15) is 9.59 Å². The lowest BCUT2D eigenvalue weighted by atomic mass is 10.4. The molecule has 0 aromatic carbocycles. The van der Waals surface area contributed by atoms with Crippen molar-refractivity contribution in [3.8, 4) is 0 Å². The summed E-state index contributed by atoms with van der Waals surface area (Å²) in [6.07, 6.45) is -1.57. The lowest BCUT2D eigenvalue weighted by molar-refractivity contribution is -0.133. The zero-order valence-electron chi connectivity index (χ0n) is 4.42. The van der Waals surface area contributed by atoms with E-state index >= 15 is 0 Å².